The molecule has 1 aliphatic rings. The molecule has 1 aliphatic heterocycles. The van der Waals surface area contributed by atoms with Gasteiger partial charge in [-0.15, -0.1) is 0 Å². The Kier molecular flexibility index (Phi) is 4.24. The maximum atomic E-state index is 12.6. The monoisotopic (exact) mass is 264 g/mol. The van der Waals surface area contributed by atoms with Crippen molar-refractivity contribution in [1.29, 1.82) is 0 Å². The number of aryl methyl sites for hydroxylation is 1. The standard InChI is InChI=1S/C14H24N4O/c1-4-5-14(6-8-15-9-7-14)13(19)16-12-10(2)11(3)17-18-12/h15H,4-9H2,1-3H3,(H2,16,17,18,19). The number of aromatic amines is 1. The van der Waals surface area contributed by atoms with Crippen LogP contribution < -0.4 is 10.6 Å². The van der Waals surface area contributed by atoms with Crippen LogP contribution in [0.2, 0.25) is 0 Å². The van der Waals surface area contributed by atoms with Crippen LogP contribution in [0.5, 0.6) is 0 Å². The highest BCUT2D eigenvalue weighted by molar-refractivity contribution is 5.95. The molecule has 0 aliphatic carbocycles. The zero-order valence-corrected chi connectivity index (χ0v) is 12.1. The topological polar surface area (TPSA) is 69.8 Å². The lowest BCUT2D eigenvalue weighted by atomic mass is 9.74. The van der Waals surface area contributed by atoms with Crippen molar-refractivity contribution in [3.63, 3.8) is 0 Å². The van der Waals surface area contributed by atoms with E-state index in [9.17, 15) is 4.79 Å². The zero-order valence-electron chi connectivity index (χ0n) is 12.1. The fraction of sp³-hybridized carbons (Fsp3) is 0.714. The molecule has 2 heterocycles. The molecule has 2 rings (SSSR count). The average molecular weight is 264 g/mol. The molecule has 5 heteroatoms. The van der Waals surface area contributed by atoms with Gasteiger partial charge in [0.05, 0.1) is 5.41 Å². The number of hydrogen-bond donors (Lipinski definition) is 3. The quantitative estimate of drug-likeness (QED) is 0.780. The second-order valence-electron chi connectivity index (χ2n) is 5.56. The third-order valence-electron chi connectivity index (χ3n) is 4.26. The molecule has 0 unspecified atom stereocenters. The number of amides is 1. The summed E-state index contributed by atoms with van der Waals surface area (Å²) in [7, 11) is 0. The molecule has 19 heavy (non-hydrogen) atoms. The molecule has 1 aromatic rings. The first kappa shape index (κ1) is 14.1. The van der Waals surface area contributed by atoms with Gasteiger partial charge < -0.3 is 10.6 Å². The van der Waals surface area contributed by atoms with Crippen molar-refractivity contribution >= 4 is 11.7 Å². The molecule has 5 nitrogen and oxygen atoms in total. The molecule has 0 atom stereocenters. The maximum Gasteiger partial charge on any atom is 0.231 e. The third-order valence-corrected chi connectivity index (χ3v) is 4.26. The number of rotatable bonds is 4. The zero-order chi connectivity index (χ0) is 13.9. The SMILES string of the molecule is CCCC1(C(=O)Nc2n[nH]c(C)c2C)CCNCC1. The molecule has 0 aromatic carbocycles. The van der Waals surface area contributed by atoms with E-state index in [-0.39, 0.29) is 11.3 Å². The summed E-state index contributed by atoms with van der Waals surface area (Å²) in [6.45, 7) is 7.92. The summed E-state index contributed by atoms with van der Waals surface area (Å²) in [5.74, 6) is 0.807. The van der Waals surface area contributed by atoms with Crippen molar-refractivity contribution in [2.75, 3.05) is 18.4 Å². The van der Waals surface area contributed by atoms with Gasteiger partial charge in [-0.1, -0.05) is 13.3 Å². The van der Waals surface area contributed by atoms with Gasteiger partial charge in [0.2, 0.25) is 5.91 Å². The largest absolute Gasteiger partial charge is 0.317 e. The number of anilines is 1. The van der Waals surface area contributed by atoms with E-state index in [2.05, 4.69) is 27.8 Å². The van der Waals surface area contributed by atoms with Crippen LogP contribution in [0.25, 0.3) is 0 Å². The van der Waals surface area contributed by atoms with Gasteiger partial charge in [0.25, 0.3) is 0 Å². The van der Waals surface area contributed by atoms with Crippen molar-refractivity contribution in [2.24, 2.45) is 5.41 Å². The van der Waals surface area contributed by atoms with E-state index in [4.69, 9.17) is 0 Å². The molecule has 1 aromatic heterocycles. The molecule has 0 spiro atoms. The van der Waals surface area contributed by atoms with E-state index in [1.54, 1.807) is 0 Å². The average Bonchev–Trinajstić information content (AvgIpc) is 2.72. The maximum absolute atomic E-state index is 12.6. The number of H-pyrrole nitrogens is 1. The Hall–Kier alpha value is -1.36. The number of hydrogen-bond acceptors (Lipinski definition) is 3. The van der Waals surface area contributed by atoms with Crippen LogP contribution >= 0.6 is 0 Å². The number of carbonyl (C=O) groups excluding carboxylic acids is 1. The van der Waals surface area contributed by atoms with Gasteiger partial charge in [0, 0.05) is 11.3 Å². The number of aromatic nitrogens is 2. The van der Waals surface area contributed by atoms with E-state index >= 15 is 0 Å². The van der Waals surface area contributed by atoms with Crippen LogP contribution in [-0.4, -0.2) is 29.2 Å². The normalized spacial score (nSPS) is 18.3. The molecule has 3 N–H and O–H groups in total. The van der Waals surface area contributed by atoms with Gasteiger partial charge in [-0.25, -0.2) is 0 Å². The van der Waals surface area contributed by atoms with Gasteiger partial charge in [-0.05, 0) is 46.2 Å². The lowest BCUT2D eigenvalue weighted by Crippen LogP contribution is -2.45. The fourth-order valence-electron chi connectivity index (χ4n) is 2.82. The summed E-state index contributed by atoms with van der Waals surface area (Å²) in [5.41, 5.74) is 1.80. The fourth-order valence-corrected chi connectivity index (χ4v) is 2.82. The highest BCUT2D eigenvalue weighted by Crippen LogP contribution is 2.35. The second kappa shape index (κ2) is 5.74. The van der Waals surface area contributed by atoms with Crippen molar-refractivity contribution in [2.45, 2.75) is 46.5 Å². The summed E-state index contributed by atoms with van der Waals surface area (Å²) in [6, 6.07) is 0. The van der Waals surface area contributed by atoms with E-state index in [0.29, 0.717) is 5.82 Å². The van der Waals surface area contributed by atoms with E-state index in [0.717, 1.165) is 50.0 Å². The lowest BCUT2D eigenvalue weighted by molar-refractivity contribution is -0.127. The number of nitrogens with zero attached hydrogens (tertiary/aromatic N) is 1. The van der Waals surface area contributed by atoms with Crippen molar-refractivity contribution < 1.29 is 4.79 Å². The minimum absolute atomic E-state index is 0.130. The molecular weight excluding hydrogens is 240 g/mol. The molecule has 1 amide bonds. The summed E-state index contributed by atoms with van der Waals surface area (Å²) in [6.07, 6.45) is 3.80. The first-order valence-corrected chi connectivity index (χ1v) is 7.13. The van der Waals surface area contributed by atoms with Gasteiger partial charge in [-0.3, -0.25) is 9.89 Å². The molecule has 0 saturated carbocycles. The highest BCUT2D eigenvalue weighted by atomic mass is 16.2. The Morgan fingerprint density at radius 2 is 2.05 bits per heavy atom. The molecular formula is C14H24N4O. The Bertz CT molecular complexity index is 441. The van der Waals surface area contributed by atoms with E-state index in [1.165, 1.54) is 0 Å². The first-order valence-electron chi connectivity index (χ1n) is 7.13. The summed E-state index contributed by atoms with van der Waals surface area (Å²) in [5, 5.41) is 13.4. The minimum atomic E-state index is -0.223. The number of nitrogens with one attached hydrogen (secondary N) is 3. The summed E-state index contributed by atoms with van der Waals surface area (Å²) in [4.78, 5) is 12.6. The smallest absolute Gasteiger partial charge is 0.231 e. The predicted octanol–water partition coefficient (Wildman–Crippen LogP) is 2.13. The molecule has 0 bridgehead atoms. The predicted molar refractivity (Wildman–Crippen MR) is 76.1 cm³/mol. The third kappa shape index (κ3) is 2.81. The van der Waals surface area contributed by atoms with Crippen LogP contribution in [-0.2, 0) is 4.79 Å². The minimum Gasteiger partial charge on any atom is -0.317 e. The summed E-state index contributed by atoms with van der Waals surface area (Å²) >= 11 is 0. The van der Waals surface area contributed by atoms with Crippen LogP contribution in [0.3, 0.4) is 0 Å². The van der Waals surface area contributed by atoms with Crippen molar-refractivity contribution in [3.8, 4) is 0 Å². The Morgan fingerprint density at radius 1 is 1.37 bits per heavy atom. The Morgan fingerprint density at radius 3 is 2.58 bits per heavy atom. The Labute approximate surface area is 114 Å². The first-order chi connectivity index (χ1) is 9.09. The van der Waals surface area contributed by atoms with E-state index in [1.807, 2.05) is 13.8 Å². The molecule has 1 saturated heterocycles. The Balaban J connectivity index is 2.13. The molecule has 0 radical (unpaired) electrons. The van der Waals surface area contributed by atoms with Gasteiger partial charge >= 0.3 is 0 Å². The van der Waals surface area contributed by atoms with Crippen LogP contribution in [0.15, 0.2) is 0 Å². The van der Waals surface area contributed by atoms with Gasteiger partial charge in [0.1, 0.15) is 0 Å². The van der Waals surface area contributed by atoms with Gasteiger partial charge in [-0.2, -0.15) is 5.10 Å². The lowest BCUT2D eigenvalue weighted by Gasteiger charge is -2.35. The van der Waals surface area contributed by atoms with Crippen LogP contribution in [0.4, 0.5) is 5.82 Å². The van der Waals surface area contributed by atoms with E-state index < -0.39 is 0 Å². The highest BCUT2D eigenvalue weighted by Gasteiger charge is 2.38. The summed E-state index contributed by atoms with van der Waals surface area (Å²) < 4.78 is 0. The van der Waals surface area contributed by atoms with Gasteiger partial charge in [0.15, 0.2) is 5.82 Å². The molecule has 106 valence electrons. The number of piperidine rings is 1. The van der Waals surface area contributed by atoms with Crippen molar-refractivity contribution in [1.82, 2.24) is 15.5 Å². The van der Waals surface area contributed by atoms with Crippen LogP contribution in [0.1, 0.15) is 43.9 Å². The molecule has 1 fully saturated rings. The van der Waals surface area contributed by atoms with Crippen LogP contribution in [0, 0.1) is 19.3 Å². The van der Waals surface area contributed by atoms with Crippen molar-refractivity contribution in [3.05, 3.63) is 11.3 Å². The number of carbonyl (C=O) groups is 1. The second-order valence-corrected chi connectivity index (χ2v) is 5.56.